The maximum Gasteiger partial charge on any atom is 0.239 e. The van der Waals surface area contributed by atoms with Gasteiger partial charge in [-0.15, -0.1) is 0 Å². The van der Waals surface area contributed by atoms with E-state index in [1.165, 1.54) is 0 Å². The van der Waals surface area contributed by atoms with E-state index in [0.717, 1.165) is 13.0 Å². The second kappa shape index (κ2) is 7.24. The summed E-state index contributed by atoms with van der Waals surface area (Å²) in [5.41, 5.74) is 0. The van der Waals surface area contributed by atoms with Gasteiger partial charge in [-0.05, 0) is 13.5 Å². The molecule has 1 rings (SSSR count). The number of nitrogens with zero attached hydrogens (tertiary/aromatic N) is 2. The SMILES string of the molecule is COCCCN(C)CC(=O)N1CCNC(=O)C1. The molecule has 6 heteroatoms. The van der Waals surface area contributed by atoms with Crippen molar-refractivity contribution < 1.29 is 14.3 Å². The van der Waals surface area contributed by atoms with Crippen molar-refractivity contribution in [1.82, 2.24) is 15.1 Å². The van der Waals surface area contributed by atoms with Crippen molar-refractivity contribution in [2.75, 3.05) is 53.5 Å². The molecule has 6 nitrogen and oxygen atoms in total. The zero-order valence-corrected chi connectivity index (χ0v) is 10.6. The summed E-state index contributed by atoms with van der Waals surface area (Å²) in [7, 11) is 3.56. The van der Waals surface area contributed by atoms with Crippen molar-refractivity contribution in [2.45, 2.75) is 6.42 Å². The molecular weight excluding hydrogens is 222 g/mol. The van der Waals surface area contributed by atoms with Crippen LogP contribution in [0.2, 0.25) is 0 Å². The van der Waals surface area contributed by atoms with E-state index >= 15 is 0 Å². The number of rotatable bonds is 6. The molecule has 0 saturated carbocycles. The lowest BCUT2D eigenvalue weighted by molar-refractivity contribution is -0.138. The third-order valence-electron chi connectivity index (χ3n) is 2.68. The summed E-state index contributed by atoms with van der Waals surface area (Å²) in [5.74, 6) is -0.0635. The molecule has 0 radical (unpaired) electrons. The zero-order valence-electron chi connectivity index (χ0n) is 10.6. The number of methoxy groups -OCH3 is 1. The van der Waals surface area contributed by atoms with Crippen molar-refractivity contribution in [3.8, 4) is 0 Å². The molecule has 0 bridgehead atoms. The molecule has 0 atom stereocenters. The van der Waals surface area contributed by atoms with Gasteiger partial charge in [-0.25, -0.2) is 0 Å². The average molecular weight is 243 g/mol. The van der Waals surface area contributed by atoms with Crippen LogP contribution in [-0.2, 0) is 14.3 Å². The van der Waals surface area contributed by atoms with E-state index in [9.17, 15) is 9.59 Å². The summed E-state index contributed by atoms with van der Waals surface area (Å²) in [6.07, 6.45) is 0.904. The van der Waals surface area contributed by atoms with E-state index in [2.05, 4.69) is 5.32 Å². The molecule has 1 aliphatic heterocycles. The standard InChI is InChI=1S/C11H21N3O3/c1-13(5-3-7-17-2)9-11(16)14-6-4-12-10(15)8-14/h3-9H2,1-2H3,(H,12,15). The van der Waals surface area contributed by atoms with Crippen molar-refractivity contribution in [3.63, 3.8) is 0 Å². The highest BCUT2D eigenvalue weighted by atomic mass is 16.5. The molecule has 2 amide bonds. The summed E-state index contributed by atoms with van der Waals surface area (Å²) in [6, 6.07) is 0. The van der Waals surface area contributed by atoms with Gasteiger partial charge in [0.25, 0.3) is 0 Å². The molecule has 98 valence electrons. The van der Waals surface area contributed by atoms with Gasteiger partial charge >= 0.3 is 0 Å². The Balaban J connectivity index is 2.25. The van der Waals surface area contributed by atoms with Crippen LogP contribution in [0.4, 0.5) is 0 Å². The molecule has 17 heavy (non-hydrogen) atoms. The normalized spacial score (nSPS) is 16.2. The van der Waals surface area contributed by atoms with E-state index in [1.807, 2.05) is 11.9 Å². The quantitative estimate of drug-likeness (QED) is 0.602. The first kappa shape index (κ1) is 13.9. The molecule has 1 aliphatic rings. The van der Waals surface area contributed by atoms with Crippen LogP contribution < -0.4 is 5.32 Å². The van der Waals surface area contributed by atoms with Gasteiger partial charge in [0.2, 0.25) is 11.8 Å². The molecule has 1 N–H and O–H groups in total. The van der Waals surface area contributed by atoms with Crippen LogP contribution in [0.1, 0.15) is 6.42 Å². The molecule has 0 spiro atoms. The van der Waals surface area contributed by atoms with Crippen LogP contribution in [0.5, 0.6) is 0 Å². The molecule has 0 aliphatic carbocycles. The lowest BCUT2D eigenvalue weighted by Gasteiger charge is -2.28. The zero-order chi connectivity index (χ0) is 12.7. The first-order valence-electron chi connectivity index (χ1n) is 5.85. The lowest BCUT2D eigenvalue weighted by Crippen LogP contribution is -2.52. The number of carbonyl (C=O) groups excluding carboxylic acids is 2. The molecule has 0 aromatic rings. The van der Waals surface area contributed by atoms with Crippen LogP contribution in [0.15, 0.2) is 0 Å². The highest BCUT2D eigenvalue weighted by molar-refractivity contribution is 5.86. The summed E-state index contributed by atoms with van der Waals surface area (Å²) >= 11 is 0. The van der Waals surface area contributed by atoms with Crippen molar-refractivity contribution in [3.05, 3.63) is 0 Å². The minimum Gasteiger partial charge on any atom is -0.385 e. The molecular formula is C11H21N3O3. The van der Waals surface area contributed by atoms with E-state index in [0.29, 0.717) is 26.2 Å². The molecule has 0 aromatic carbocycles. The van der Waals surface area contributed by atoms with Crippen LogP contribution >= 0.6 is 0 Å². The summed E-state index contributed by atoms with van der Waals surface area (Å²) in [6.45, 7) is 3.22. The van der Waals surface area contributed by atoms with E-state index in [-0.39, 0.29) is 18.4 Å². The van der Waals surface area contributed by atoms with Crippen molar-refractivity contribution in [2.24, 2.45) is 0 Å². The predicted molar refractivity (Wildman–Crippen MR) is 63.6 cm³/mol. The van der Waals surface area contributed by atoms with Gasteiger partial charge in [0, 0.05) is 33.4 Å². The Labute approximate surface area is 102 Å². The number of amides is 2. The first-order valence-corrected chi connectivity index (χ1v) is 5.85. The van der Waals surface area contributed by atoms with Gasteiger partial charge in [0.15, 0.2) is 0 Å². The second-order valence-corrected chi connectivity index (χ2v) is 4.25. The maximum atomic E-state index is 11.9. The Morgan fingerprint density at radius 1 is 1.59 bits per heavy atom. The Morgan fingerprint density at radius 2 is 2.35 bits per heavy atom. The number of piperazine rings is 1. The topological polar surface area (TPSA) is 61.9 Å². The highest BCUT2D eigenvalue weighted by Gasteiger charge is 2.21. The number of ether oxygens (including phenoxy) is 1. The van der Waals surface area contributed by atoms with Crippen LogP contribution in [0.25, 0.3) is 0 Å². The summed E-state index contributed by atoms with van der Waals surface area (Å²) in [5, 5.41) is 2.70. The Kier molecular flexibility index (Phi) is 5.93. The van der Waals surface area contributed by atoms with Crippen molar-refractivity contribution in [1.29, 1.82) is 0 Å². The average Bonchev–Trinajstić information content (AvgIpc) is 2.29. The lowest BCUT2D eigenvalue weighted by atomic mass is 10.3. The minimum atomic E-state index is -0.0772. The Bertz CT molecular complexity index is 271. The predicted octanol–water partition coefficient (Wildman–Crippen LogP) is -1.09. The Hall–Kier alpha value is -1.14. The van der Waals surface area contributed by atoms with Crippen LogP contribution in [0.3, 0.4) is 0 Å². The van der Waals surface area contributed by atoms with Gasteiger partial charge in [0.1, 0.15) is 0 Å². The number of nitrogens with one attached hydrogen (secondary N) is 1. The molecule has 1 heterocycles. The minimum absolute atomic E-state index is 0.0137. The van der Waals surface area contributed by atoms with E-state index < -0.39 is 0 Å². The molecule has 1 saturated heterocycles. The number of carbonyl (C=O) groups is 2. The van der Waals surface area contributed by atoms with Gasteiger partial charge < -0.3 is 15.0 Å². The largest absolute Gasteiger partial charge is 0.385 e. The van der Waals surface area contributed by atoms with E-state index in [4.69, 9.17) is 4.74 Å². The number of hydrogen-bond donors (Lipinski definition) is 1. The Morgan fingerprint density at radius 3 is 3.00 bits per heavy atom. The molecule has 0 unspecified atom stereocenters. The smallest absolute Gasteiger partial charge is 0.239 e. The maximum absolute atomic E-state index is 11.9. The second-order valence-electron chi connectivity index (χ2n) is 4.25. The summed E-state index contributed by atoms with van der Waals surface area (Å²) < 4.78 is 4.95. The van der Waals surface area contributed by atoms with Crippen molar-refractivity contribution >= 4 is 11.8 Å². The summed E-state index contributed by atoms with van der Waals surface area (Å²) in [4.78, 5) is 26.6. The van der Waals surface area contributed by atoms with Gasteiger partial charge in [-0.2, -0.15) is 0 Å². The number of likely N-dealkylation sites (N-methyl/N-ethyl adjacent to an activating group) is 1. The highest BCUT2D eigenvalue weighted by Crippen LogP contribution is 1.97. The fraction of sp³-hybridized carbons (Fsp3) is 0.818. The van der Waals surface area contributed by atoms with Gasteiger partial charge in [-0.1, -0.05) is 0 Å². The first-order chi connectivity index (χ1) is 8.13. The van der Waals surface area contributed by atoms with Crippen LogP contribution in [-0.4, -0.2) is 75.1 Å². The van der Waals surface area contributed by atoms with Crippen LogP contribution in [0, 0.1) is 0 Å². The fourth-order valence-corrected chi connectivity index (χ4v) is 1.74. The monoisotopic (exact) mass is 243 g/mol. The van der Waals surface area contributed by atoms with Gasteiger partial charge in [0.05, 0.1) is 13.1 Å². The molecule has 0 aromatic heterocycles. The molecule has 1 fully saturated rings. The third-order valence-corrected chi connectivity index (χ3v) is 2.68. The van der Waals surface area contributed by atoms with E-state index in [1.54, 1.807) is 12.0 Å². The fourth-order valence-electron chi connectivity index (χ4n) is 1.74. The van der Waals surface area contributed by atoms with Gasteiger partial charge in [-0.3, -0.25) is 14.5 Å². The number of hydrogen-bond acceptors (Lipinski definition) is 4. The third kappa shape index (κ3) is 5.14.